The molecule has 0 aliphatic carbocycles. The summed E-state index contributed by atoms with van der Waals surface area (Å²) in [6.07, 6.45) is 0. The first-order valence-electron chi connectivity index (χ1n) is 11.9. The Morgan fingerprint density at radius 1 is 1.03 bits per heavy atom. The number of thioether (sulfide) groups is 1. The van der Waals surface area contributed by atoms with Crippen LogP contribution >= 0.6 is 11.8 Å². The van der Waals surface area contributed by atoms with Gasteiger partial charge in [-0.1, -0.05) is 55.1 Å². The van der Waals surface area contributed by atoms with E-state index in [0.29, 0.717) is 60.3 Å². The summed E-state index contributed by atoms with van der Waals surface area (Å²) >= 11 is 1.32. The van der Waals surface area contributed by atoms with Gasteiger partial charge in [0.05, 0.1) is 29.4 Å². The highest BCUT2D eigenvalue weighted by atomic mass is 32.2. The highest BCUT2D eigenvalue weighted by molar-refractivity contribution is 7.98. The van der Waals surface area contributed by atoms with Gasteiger partial charge in [0.1, 0.15) is 5.52 Å². The zero-order valence-electron chi connectivity index (χ0n) is 20.5. The molecule has 1 aliphatic rings. The lowest BCUT2D eigenvalue weighted by molar-refractivity contribution is 0.0730. The Kier molecular flexibility index (Phi) is 7.38. The summed E-state index contributed by atoms with van der Waals surface area (Å²) in [7, 11) is -3.65. The topological polar surface area (TPSA) is 125 Å². The highest BCUT2D eigenvalue weighted by Gasteiger charge is 2.27. The Morgan fingerprint density at radius 3 is 2.59 bits per heavy atom. The van der Waals surface area contributed by atoms with Gasteiger partial charge in [-0.15, -0.1) is 15.3 Å². The largest absolute Gasteiger partial charge is 0.379 e. The van der Waals surface area contributed by atoms with Crippen LogP contribution in [0, 0.1) is 5.92 Å². The number of hydrogen-bond donors (Lipinski definition) is 0. The number of morpholine rings is 1. The fraction of sp³-hybridized carbons (Fsp3) is 0.375. The lowest BCUT2D eigenvalue weighted by atomic mass is 10.2. The van der Waals surface area contributed by atoms with Gasteiger partial charge in [-0.05, 0) is 30.2 Å². The molecule has 0 bridgehead atoms. The van der Waals surface area contributed by atoms with Crippen LogP contribution in [0.5, 0.6) is 0 Å². The van der Waals surface area contributed by atoms with Crippen LogP contribution in [-0.4, -0.2) is 68.8 Å². The standard InChI is InChI=1S/C24H27N7O4S2/c1-17(2)15-30-22(18-6-5-7-19(14-18)37(33,34)29-10-12-35-13-11-29)26-27-24(30)36-16-31-23(32)20-8-3-4-9-21(20)25-28-31/h3-9,14,17H,10-13,15-16H2,1-2H3. The number of hydrogen-bond acceptors (Lipinski definition) is 9. The fourth-order valence-electron chi connectivity index (χ4n) is 4.10. The molecule has 1 saturated heterocycles. The van der Waals surface area contributed by atoms with Gasteiger partial charge in [0, 0.05) is 25.2 Å². The average molecular weight is 542 g/mol. The third-order valence-electron chi connectivity index (χ3n) is 5.91. The third kappa shape index (κ3) is 5.30. The number of fused-ring (bicyclic) bond motifs is 1. The monoisotopic (exact) mass is 541 g/mol. The molecule has 0 saturated carbocycles. The van der Waals surface area contributed by atoms with Gasteiger partial charge in [0.25, 0.3) is 5.56 Å². The third-order valence-corrected chi connectivity index (χ3v) is 8.74. The Morgan fingerprint density at radius 2 is 1.81 bits per heavy atom. The lowest BCUT2D eigenvalue weighted by Gasteiger charge is -2.26. The number of benzene rings is 2. The van der Waals surface area contributed by atoms with Crippen molar-refractivity contribution in [3.63, 3.8) is 0 Å². The summed E-state index contributed by atoms with van der Waals surface area (Å²) in [6.45, 7) is 6.19. The quantitative estimate of drug-likeness (QED) is 0.309. The zero-order valence-corrected chi connectivity index (χ0v) is 22.2. The van der Waals surface area contributed by atoms with Crippen LogP contribution in [0.25, 0.3) is 22.3 Å². The first-order valence-corrected chi connectivity index (χ1v) is 14.3. The van der Waals surface area contributed by atoms with Crippen molar-refractivity contribution in [3.8, 4) is 11.4 Å². The SMILES string of the molecule is CC(C)Cn1c(SCn2nnc3ccccc3c2=O)nnc1-c1cccc(S(=O)(=O)N2CCOCC2)c1. The van der Waals surface area contributed by atoms with Crippen molar-refractivity contribution in [1.29, 1.82) is 0 Å². The first kappa shape index (κ1) is 25.5. The van der Waals surface area contributed by atoms with Crippen molar-refractivity contribution in [2.45, 2.75) is 36.3 Å². The Labute approximate surface area is 218 Å². The summed E-state index contributed by atoms with van der Waals surface area (Å²) in [5.41, 5.74) is 0.970. The number of nitrogens with zero attached hydrogens (tertiary/aromatic N) is 7. The predicted octanol–water partition coefficient (Wildman–Crippen LogP) is 2.48. The van der Waals surface area contributed by atoms with Gasteiger partial charge in [0.15, 0.2) is 11.0 Å². The molecule has 0 unspecified atom stereocenters. The molecule has 0 atom stereocenters. The van der Waals surface area contributed by atoms with Crippen LogP contribution in [0.15, 0.2) is 63.4 Å². The van der Waals surface area contributed by atoms with Crippen molar-refractivity contribution in [1.82, 2.24) is 34.1 Å². The van der Waals surface area contributed by atoms with Crippen LogP contribution < -0.4 is 5.56 Å². The smallest absolute Gasteiger partial charge is 0.278 e. The number of aromatic nitrogens is 6. The van der Waals surface area contributed by atoms with Gasteiger partial charge in [0.2, 0.25) is 10.0 Å². The van der Waals surface area contributed by atoms with E-state index in [9.17, 15) is 13.2 Å². The summed E-state index contributed by atoms with van der Waals surface area (Å²) in [4.78, 5) is 13.0. The van der Waals surface area contributed by atoms with Crippen molar-refractivity contribution < 1.29 is 13.2 Å². The number of sulfonamides is 1. The molecule has 2 aromatic heterocycles. The van der Waals surface area contributed by atoms with E-state index in [4.69, 9.17) is 4.74 Å². The van der Waals surface area contributed by atoms with Crippen LogP contribution in [-0.2, 0) is 27.2 Å². The molecule has 0 spiro atoms. The first-order chi connectivity index (χ1) is 17.8. The molecule has 4 aromatic rings. The molecule has 2 aromatic carbocycles. The number of rotatable bonds is 8. The molecule has 37 heavy (non-hydrogen) atoms. The maximum absolute atomic E-state index is 13.2. The van der Waals surface area contributed by atoms with Gasteiger partial charge in [-0.3, -0.25) is 4.79 Å². The maximum Gasteiger partial charge on any atom is 0.278 e. The fourth-order valence-corrected chi connectivity index (χ4v) is 6.37. The van der Waals surface area contributed by atoms with E-state index >= 15 is 0 Å². The van der Waals surface area contributed by atoms with E-state index < -0.39 is 10.0 Å². The van der Waals surface area contributed by atoms with Gasteiger partial charge in [-0.2, -0.15) is 8.99 Å². The maximum atomic E-state index is 13.2. The summed E-state index contributed by atoms with van der Waals surface area (Å²) in [5.74, 6) is 1.04. The van der Waals surface area contributed by atoms with Crippen molar-refractivity contribution in [3.05, 3.63) is 58.9 Å². The summed E-state index contributed by atoms with van der Waals surface area (Å²) in [6, 6.07) is 13.9. The van der Waals surface area contributed by atoms with Crippen LogP contribution in [0.4, 0.5) is 0 Å². The van der Waals surface area contributed by atoms with Gasteiger partial charge < -0.3 is 9.30 Å². The highest BCUT2D eigenvalue weighted by Crippen LogP contribution is 2.28. The molecule has 0 amide bonds. The Hall–Kier alpha value is -3.13. The summed E-state index contributed by atoms with van der Waals surface area (Å²) < 4.78 is 36.4. The molecule has 3 heterocycles. The predicted molar refractivity (Wildman–Crippen MR) is 140 cm³/mol. The minimum absolute atomic E-state index is 0.207. The molecule has 0 radical (unpaired) electrons. The van der Waals surface area contributed by atoms with E-state index in [-0.39, 0.29) is 22.2 Å². The molecular weight excluding hydrogens is 514 g/mol. The van der Waals surface area contributed by atoms with E-state index in [0.717, 1.165) is 0 Å². The second-order valence-electron chi connectivity index (χ2n) is 9.04. The van der Waals surface area contributed by atoms with Crippen LogP contribution in [0.3, 0.4) is 0 Å². The van der Waals surface area contributed by atoms with Crippen molar-refractivity contribution in [2.75, 3.05) is 26.3 Å². The van der Waals surface area contributed by atoms with Crippen molar-refractivity contribution in [2.24, 2.45) is 5.92 Å². The van der Waals surface area contributed by atoms with Crippen LogP contribution in [0.2, 0.25) is 0 Å². The minimum Gasteiger partial charge on any atom is -0.379 e. The lowest BCUT2D eigenvalue weighted by Crippen LogP contribution is -2.40. The minimum atomic E-state index is -3.65. The molecule has 13 heteroatoms. The zero-order chi connectivity index (χ0) is 26.0. The summed E-state index contributed by atoms with van der Waals surface area (Å²) in [5, 5.41) is 18.1. The van der Waals surface area contributed by atoms with E-state index in [2.05, 4.69) is 34.4 Å². The second kappa shape index (κ2) is 10.7. The van der Waals surface area contributed by atoms with E-state index in [1.54, 1.807) is 36.4 Å². The molecule has 1 fully saturated rings. The average Bonchev–Trinajstić information content (AvgIpc) is 3.30. The van der Waals surface area contributed by atoms with Gasteiger partial charge in [-0.25, -0.2) is 8.42 Å². The van der Waals surface area contributed by atoms with Crippen LogP contribution in [0.1, 0.15) is 13.8 Å². The number of ether oxygens (including phenoxy) is 1. The molecule has 5 rings (SSSR count). The van der Waals surface area contributed by atoms with E-state index in [1.807, 2.05) is 16.7 Å². The second-order valence-corrected chi connectivity index (χ2v) is 11.9. The van der Waals surface area contributed by atoms with Crippen molar-refractivity contribution >= 4 is 32.7 Å². The molecular formula is C24H27N7O4S2. The molecule has 0 N–H and O–H groups in total. The molecule has 1 aliphatic heterocycles. The Bertz CT molecular complexity index is 1580. The normalized spacial score (nSPS) is 15.0. The molecule has 194 valence electrons. The van der Waals surface area contributed by atoms with E-state index in [1.165, 1.54) is 20.7 Å². The Balaban J connectivity index is 1.45. The molecule has 11 nitrogen and oxygen atoms in total. The van der Waals surface area contributed by atoms with Gasteiger partial charge >= 0.3 is 0 Å².